The molecule has 0 aliphatic carbocycles. The third-order valence-electron chi connectivity index (χ3n) is 3.20. The smallest absolute Gasteiger partial charge is 0.241 e. The summed E-state index contributed by atoms with van der Waals surface area (Å²) in [7, 11) is 0. The molecular formula is C18H31NO. The maximum atomic E-state index is 10.4. The topological polar surface area (TPSA) is 43.1 Å². The summed E-state index contributed by atoms with van der Waals surface area (Å²) >= 11 is 0. The Morgan fingerprint density at radius 1 is 0.800 bits per heavy atom. The van der Waals surface area contributed by atoms with Crippen LogP contribution in [0.3, 0.4) is 0 Å². The highest BCUT2D eigenvalue weighted by Gasteiger charge is 1.90. The maximum Gasteiger partial charge on any atom is 0.241 e. The Balaban J connectivity index is 3.25. The fourth-order valence-corrected chi connectivity index (χ4v) is 2.03. The fraction of sp³-hybridized carbons (Fsp3) is 0.611. The first-order valence-corrected chi connectivity index (χ1v) is 8.06. The van der Waals surface area contributed by atoms with Gasteiger partial charge in [0.15, 0.2) is 0 Å². The van der Waals surface area contributed by atoms with E-state index in [9.17, 15) is 4.79 Å². The first-order valence-electron chi connectivity index (χ1n) is 8.06. The highest BCUT2D eigenvalue weighted by Crippen LogP contribution is 2.10. The number of carbonyl (C=O) groups is 1. The lowest BCUT2D eigenvalue weighted by molar-refractivity contribution is -0.113. The third kappa shape index (κ3) is 16.7. The molecule has 0 aromatic carbocycles. The molecule has 2 N–H and O–H groups in total. The molecule has 0 aromatic rings. The zero-order chi connectivity index (χ0) is 14.9. The molecule has 2 heteroatoms. The second kappa shape index (κ2) is 15.7. The lowest BCUT2D eigenvalue weighted by Gasteiger charge is -2.00. The Kier molecular flexibility index (Phi) is 14.7. The molecule has 0 spiro atoms. The molecule has 0 radical (unpaired) electrons. The number of hydrogen-bond donors (Lipinski definition) is 1. The van der Waals surface area contributed by atoms with Crippen LogP contribution < -0.4 is 5.73 Å². The van der Waals surface area contributed by atoms with E-state index in [0.29, 0.717) is 0 Å². The van der Waals surface area contributed by atoms with Crippen LogP contribution in [0.4, 0.5) is 0 Å². The van der Waals surface area contributed by atoms with Crippen molar-refractivity contribution < 1.29 is 4.79 Å². The van der Waals surface area contributed by atoms with Gasteiger partial charge in [-0.3, -0.25) is 4.79 Å². The van der Waals surface area contributed by atoms with Gasteiger partial charge in [-0.15, -0.1) is 0 Å². The number of unbranched alkanes of at least 4 members (excludes halogenated alkanes) is 9. The summed E-state index contributed by atoms with van der Waals surface area (Å²) in [5, 5.41) is 0. The molecule has 114 valence electrons. The van der Waals surface area contributed by atoms with E-state index >= 15 is 0 Å². The minimum Gasteiger partial charge on any atom is -0.366 e. The predicted octanol–water partition coefficient (Wildman–Crippen LogP) is 5.06. The van der Waals surface area contributed by atoms with Crippen LogP contribution in [0, 0.1) is 0 Å². The standard InChI is InChI=1S/C18H31NO/c1-2-3-4-5-6-7-8-9-10-11-12-13-14-15-16-17-18(19)20/h12-17H,2-11H2,1H3,(H2,19,20)/b13-12?,15-14?,17-16-. The van der Waals surface area contributed by atoms with E-state index < -0.39 is 5.91 Å². The van der Waals surface area contributed by atoms with Gasteiger partial charge in [0, 0.05) is 6.08 Å². The van der Waals surface area contributed by atoms with E-state index in [0.717, 1.165) is 6.42 Å². The van der Waals surface area contributed by atoms with Gasteiger partial charge < -0.3 is 5.73 Å². The van der Waals surface area contributed by atoms with Crippen molar-refractivity contribution in [2.45, 2.75) is 71.1 Å². The van der Waals surface area contributed by atoms with Crippen LogP contribution in [0.1, 0.15) is 71.1 Å². The molecule has 0 aliphatic rings. The number of allylic oxidation sites excluding steroid dienone is 5. The molecule has 0 saturated heterocycles. The van der Waals surface area contributed by atoms with E-state index in [-0.39, 0.29) is 0 Å². The minimum atomic E-state index is -0.409. The van der Waals surface area contributed by atoms with Gasteiger partial charge in [0.2, 0.25) is 5.91 Å². The molecule has 0 bridgehead atoms. The Hall–Kier alpha value is -1.31. The largest absolute Gasteiger partial charge is 0.366 e. The zero-order valence-corrected chi connectivity index (χ0v) is 13.0. The summed E-state index contributed by atoms with van der Waals surface area (Å²) in [6.45, 7) is 2.26. The summed E-state index contributed by atoms with van der Waals surface area (Å²) in [6, 6.07) is 0. The molecule has 0 atom stereocenters. The molecular weight excluding hydrogens is 246 g/mol. The molecule has 0 heterocycles. The van der Waals surface area contributed by atoms with Crippen molar-refractivity contribution in [1.82, 2.24) is 0 Å². The predicted molar refractivity (Wildman–Crippen MR) is 88.5 cm³/mol. The van der Waals surface area contributed by atoms with Crippen LogP contribution >= 0.6 is 0 Å². The number of nitrogens with two attached hydrogens (primary N) is 1. The Morgan fingerprint density at radius 2 is 1.35 bits per heavy atom. The lowest BCUT2D eigenvalue weighted by atomic mass is 10.1. The van der Waals surface area contributed by atoms with E-state index in [1.54, 1.807) is 6.08 Å². The van der Waals surface area contributed by atoms with E-state index in [2.05, 4.69) is 13.0 Å². The summed E-state index contributed by atoms with van der Waals surface area (Å²) in [5.41, 5.74) is 4.97. The van der Waals surface area contributed by atoms with Gasteiger partial charge in [-0.2, -0.15) is 0 Å². The quantitative estimate of drug-likeness (QED) is 0.285. The van der Waals surface area contributed by atoms with Crippen molar-refractivity contribution in [3.05, 3.63) is 36.5 Å². The molecule has 2 nitrogen and oxygen atoms in total. The summed E-state index contributed by atoms with van der Waals surface area (Å²) in [6.07, 6.45) is 24.4. The average Bonchev–Trinajstić information content (AvgIpc) is 2.43. The Bertz CT molecular complexity index is 303. The Labute approximate surface area is 124 Å². The zero-order valence-electron chi connectivity index (χ0n) is 13.0. The molecule has 0 unspecified atom stereocenters. The number of hydrogen-bond acceptors (Lipinski definition) is 1. The van der Waals surface area contributed by atoms with Gasteiger partial charge in [-0.05, 0) is 12.8 Å². The molecule has 0 aromatic heterocycles. The second-order valence-corrected chi connectivity index (χ2v) is 5.19. The molecule has 0 fully saturated rings. The van der Waals surface area contributed by atoms with Gasteiger partial charge >= 0.3 is 0 Å². The van der Waals surface area contributed by atoms with E-state index in [1.165, 1.54) is 63.9 Å². The highest BCUT2D eigenvalue weighted by molar-refractivity contribution is 5.85. The van der Waals surface area contributed by atoms with E-state index in [4.69, 9.17) is 5.73 Å². The van der Waals surface area contributed by atoms with Gasteiger partial charge in [0.1, 0.15) is 0 Å². The first kappa shape index (κ1) is 18.7. The summed E-state index contributed by atoms with van der Waals surface area (Å²) < 4.78 is 0. The van der Waals surface area contributed by atoms with Crippen molar-refractivity contribution >= 4 is 5.91 Å². The monoisotopic (exact) mass is 277 g/mol. The maximum absolute atomic E-state index is 10.4. The van der Waals surface area contributed by atoms with Gasteiger partial charge in [0.05, 0.1) is 0 Å². The minimum absolute atomic E-state index is 0.409. The third-order valence-corrected chi connectivity index (χ3v) is 3.20. The first-order chi connectivity index (χ1) is 9.77. The number of rotatable bonds is 13. The van der Waals surface area contributed by atoms with Crippen molar-refractivity contribution in [2.75, 3.05) is 0 Å². The van der Waals surface area contributed by atoms with E-state index in [1.807, 2.05) is 18.2 Å². The van der Waals surface area contributed by atoms with Gasteiger partial charge in [-0.1, -0.05) is 88.7 Å². The summed E-state index contributed by atoms with van der Waals surface area (Å²) in [5.74, 6) is -0.409. The average molecular weight is 277 g/mol. The highest BCUT2D eigenvalue weighted by atomic mass is 16.1. The van der Waals surface area contributed by atoms with Crippen molar-refractivity contribution in [2.24, 2.45) is 5.73 Å². The number of amides is 1. The van der Waals surface area contributed by atoms with Crippen molar-refractivity contribution in [3.63, 3.8) is 0 Å². The molecule has 0 aliphatic heterocycles. The van der Waals surface area contributed by atoms with Crippen LogP contribution in [0.25, 0.3) is 0 Å². The lowest BCUT2D eigenvalue weighted by Crippen LogP contribution is -2.04. The van der Waals surface area contributed by atoms with Crippen LogP contribution in [-0.4, -0.2) is 5.91 Å². The van der Waals surface area contributed by atoms with Crippen molar-refractivity contribution in [3.8, 4) is 0 Å². The van der Waals surface area contributed by atoms with Crippen molar-refractivity contribution in [1.29, 1.82) is 0 Å². The van der Waals surface area contributed by atoms with Gasteiger partial charge in [-0.25, -0.2) is 0 Å². The molecule has 1 amide bonds. The fourth-order valence-electron chi connectivity index (χ4n) is 2.03. The SMILES string of the molecule is CCCCCCCCCCCC=CC=C/C=C\C(N)=O. The van der Waals surface area contributed by atoms with Crippen LogP contribution in [0.15, 0.2) is 36.5 Å². The normalized spacial score (nSPS) is 12.1. The Morgan fingerprint density at radius 3 is 1.95 bits per heavy atom. The van der Waals surface area contributed by atoms with Gasteiger partial charge in [0.25, 0.3) is 0 Å². The second-order valence-electron chi connectivity index (χ2n) is 5.19. The van der Waals surface area contributed by atoms with Crippen LogP contribution in [0.2, 0.25) is 0 Å². The number of primary amides is 1. The number of carbonyl (C=O) groups excluding carboxylic acids is 1. The molecule has 0 rings (SSSR count). The van der Waals surface area contributed by atoms with Crippen LogP contribution in [0.5, 0.6) is 0 Å². The summed E-state index contributed by atoms with van der Waals surface area (Å²) in [4.78, 5) is 10.4. The van der Waals surface area contributed by atoms with Crippen LogP contribution in [-0.2, 0) is 4.79 Å². The molecule has 20 heavy (non-hydrogen) atoms. The molecule has 0 saturated carbocycles.